The van der Waals surface area contributed by atoms with E-state index >= 15 is 0 Å². The Labute approximate surface area is 163 Å². The van der Waals surface area contributed by atoms with Crippen molar-refractivity contribution in [1.82, 2.24) is 14.8 Å². The number of pyridine rings is 1. The lowest BCUT2D eigenvalue weighted by Crippen LogP contribution is -2.56. The maximum Gasteiger partial charge on any atom is 0.240 e. The Morgan fingerprint density at radius 2 is 1.75 bits per heavy atom. The van der Waals surface area contributed by atoms with Crippen molar-refractivity contribution in [2.45, 2.75) is 33.4 Å². The number of carbonyl (C=O) groups is 1. The fourth-order valence-electron chi connectivity index (χ4n) is 2.41. The third-order valence-corrected chi connectivity index (χ3v) is 3.99. The molecular weight excluding hydrogens is 371 g/mol. The zero-order valence-electron chi connectivity index (χ0n) is 14.5. The first-order chi connectivity index (χ1) is 9.88. The second-order valence-electron chi connectivity index (χ2n) is 6.77. The molecule has 1 amide bonds. The number of amides is 1. The molecule has 0 aromatic carbocycles. The minimum Gasteiger partial charge on any atom is -0.339 e. The second-order valence-corrected chi connectivity index (χ2v) is 6.77. The highest BCUT2D eigenvalue weighted by Crippen LogP contribution is 2.20. The Morgan fingerprint density at radius 3 is 2.21 bits per heavy atom. The van der Waals surface area contributed by atoms with E-state index in [-0.39, 0.29) is 48.5 Å². The zero-order chi connectivity index (χ0) is 15.5. The standard InChI is InChI=1S/C16H26N4O.3ClH/c1-16(2,3)14(17)15(21)20-10-8-19(9-11-20)12-13-6-4-5-7-18-13;;;/h4-7,14H,8-12,17H2,1-3H3;3*1H/t14-;;;/m1.../s1. The molecule has 1 aromatic rings. The van der Waals surface area contributed by atoms with E-state index in [4.69, 9.17) is 5.73 Å². The molecule has 1 aliphatic heterocycles. The summed E-state index contributed by atoms with van der Waals surface area (Å²) in [6.07, 6.45) is 1.82. The van der Waals surface area contributed by atoms with Gasteiger partial charge in [0.25, 0.3) is 0 Å². The molecule has 0 radical (unpaired) electrons. The van der Waals surface area contributed by atoms with Crippen LogP contribution < -0.4 is 5.73 Å². The molecule has 140 valence electrons. The highest BCUT2D eigenvalue weighted by Gasteiger charge is 2.32. The van der Waals surface area contributed by atoms with Crippen molar-refractivity contribution >= 4 is 43.1 Å². The first-order valence-corrected chi connectivity index (χ1v) is 7.54. The van der Waals surface area contributed by atoms with Gasteiger partial charge in [-0.3, -0.25) is 14.7 Å². The lowest BCUT2D eigenvalue weighted by molar-refractivity contribution is -0.136. The first-order valence-electron chi connectivity index (χ1n) is 7.54. The van der Waals surface area contributed by atoms with Crippen LogP contribution in [-0.4, -0.2) is 52.9 Å². The average Bonchev–Trinajstić information content (AvgIpc) is 2.46. The number of aromatic nitrogens is 1. The number of piperazine rings is 1. The normalized spacial score (nSPS) is 16.2. The summed E-state index contributed by atoms with van der Waals surface area (Å²) >= 11 is 0. The molecule has 1 aliphatic rings. The smallest absolute Gasteiger partial charge is 0.240 e. The molecule has 5 nitrogen and oxygen atoms in total. The van der Waals surface area contributed by atoms with Crippen LogP contribution in [0.15, 0.2) is 24.4 Å². The van der Waals surface area contributed by atoms with Gasteiger partial charge in [0.15, 0.2) is 0 Å². The third-order valence-electron chi connectivity index (χ3n) is 3.99. The van der Waals surface area contributed by atoms with E-state index in [1.54, 1.807) is 0 Å². The Hall–Kier alpha value is -0.590. The average molecular weight is 400 g/mol. The van der Waals surface area contributed by atoms with Crippen molar-refractivity contribution in [1.29, 1.82) is 0 Å². The summed E-state index contributed by atoms with van der Waals surface area (Å²) in [5, 5.41) is 0. The molecule has 8 heteroatoms. The van der Waals surface area contributed by atoms with E-state index in [0.29, 0.717) is 0 Å². The summed E-state index contributed by atoms with van der Waals surface area (Å²) in [7, 11) is 0. The molecule has 1 aromatic heterocycles. The van der Waals surface area contributed by atoms with Crippen molar-refractivity contribution in [2.75, 3.05) is 26.2 Å². The number of nitrogens with two attached hydrogens (primary N) is 1. The third kappa shape index (κ3) is 7.11. The highest BCUT2D eigenvalue weighted by atomic mass is 35.5. The Morgan fingerprint density at radius 1 is 1.17 bits per heavy atom. The van der Waals surface area contributed by atoms with Gasteiger partial charge in [0, 0.05) is 38.9 Å². The molecule has 24 heavy (non-hydrogen) atoms. The number of carbonyl (C=O) groups excluding carboxylic acids is 1. The summed E-state index contributed by atoms with van der Waals surface area (Å²) in [6, 6.07) is 5.53. The minimum absolute atomic E-state index is 0. The fourth-order valence-corrected chi connectivity index (χ4v) is 2.41. The maximum absolute atomic E-state index is 12.4. The van der Waals surface area contributed by atoms with Crippen LogP contribution in [0.1, 0.15) is 26.5 Å². The van der Waals surface area contributed by atoms with E-state index in [1.165, 1.54) is 0 Å². The largest absolute Gasteiger partial charge is 0.339 e. The number of halogens is 3. The molecule has 0 saturated carbocycles. The summed E-state index contributed by atoms with van der Waals surface area (Å²) in [4.78, 5) is 20.9. The maximum atomic E-state index is 12.4. The topological polar surface area (TPSA) is 62.5 Å². The molecule has 0 spiro atoms. The van der Waals surface area contributed by atoms with Gasteiger partial charge in [0.1, 0.15) is 0 Å². The number of hydrogen-bond acceptors (Lipinski definition) is 4. The van der Waals surface area contributed by atoms with Crippen molar-refractivity contribution in [3.05, 3.63) is 30.1 Å². The van der Waals surface area contributed by atoms with Crippen molar-refractivity contribution < 1.29 is 4.79 Å². The van der Waals surface area contributed by atoms with Crippen LogP contribution in [0.3, 0.4) is 0 Å². The summed E-state index contributed by atoms with van der Waals surface area (Å²) in [5.41, 5.74) is 6.95. The van der Waals surface area contributed by atoms with Gasteiger partial charge in [-0.1, -0.05) is 26.8 Å². The van der Waals surface area contributed by atoms with Crippen molar-refractivity contribution in [3.8, 4) is 0 Å². The summed E-state index contributed by atoms with van der Waals surface area (Å²) < 4.78 is 0. The van der Waals surface area contributed by atoms with Gasteiger partial charge in [-0.05, 0) is 17.5 Å². The molecular formula is C16H29Cl3N4O. The van der Waals surface area contributed by atoms with Crippen molar-refractivity contribution in [2.24, 2.45) is 11.1 Å². The van der Waals surface area contributed by atoms with Crippen LogP contribution in [0.5, 0.6) is 0 Å². The SMILES string of the molecule is CC(C)(C)[C@H](N)C(=O)N1CCN(Cc2ccccn2)CC1.Cl.Cl.Cl. The van der Waals surface area contributed by atoms with E-state index < -0.39 is 6.04 Å². The summed E-state index contributed by atoms with van der Waals surface area (Å²) in [5.74, 6) is 0.0694. The van der Waals surface area contributed by atoms with Crippen LogP contribution in [0, 0.1) is 5.41 Å². The lowest BCUT2D eigenvalue weighted by atomic mass is 9.86. The van der Waals surface area contributed by atoms with E-state index in [9.17, 15) is 4.79 Å². The van der Waals surface area contributed by atoms with Crippen molar-refractivity contribution in [3.63, 3.8) is 0 Å². The van der Waals surface area contributed by atoms with E-state index in [0.717, 1.165) is 38.4 Å². The van der Waals surface area contributed by atoms with Gasteiger partial charge < -0.3 is 10.6 Å². The number of hydrogen-bond donors (Lipinski definition) is 1. The van der Waals surface area contributed by atoms with E-state index in [2.05, 4.69) is 9.88 Å². The van der Waals surface area contributed by atoms with Gasteiger partial charge in [-0.15, -0.1) is 37.2 Å². The Bertz CT molecular complexity index is 474. The first kappa shape index (κ1) is 25.6. The Balaban J connectivity index is 0. The lowest BCUT2D eigenvalue weighted by Gasteiger charge is -2.38. The molecule has 0 bridgehead atoms. The van der Waals surface area contributed by atoms with Gasteiger partial charge in [0.05, 0.1) is 11.7 Å². The molecule has 1 fully saturated rings. The molecule has 2 heterocycles. The second kappa shape index (κ2) is 11.1. The van der Waals surface area contributed by atoms with Crippen LogP contribution >= 0.6 is 37.2 Å². The van der Waals surface area contributed by atoms with Crippen LogP contribution in [-0.2, 0) is 11.3 Å². The molecule has 1 atom stereocenters. The summed E-state index contributed by atoms with van der Waals surface area (Å²) in [6.45, 7) is 10.1. The molecule has 2 rings (SSSR count). The highest BCUT2D eigenvalue weighted by molar-refractivity contribution is 5.86. The van der Waals surface area contributed by atoms with Crippen LogP contribution in [0.2, 0.25) is 0 Å². The molecule has 0 aliphatic carbocycles. The van der Waals surface area contributed by atoms with E-state index in [1.807, 2.05) is 50.1 Å². The zero-order valence-corrected chi connectivity index (χ0v) is 16.9. The van der Waals surface area contributed by atoms with Crippen LogP contribution in [0.25, 0.3) is 0 Å². The monoisotopic (exact) mass is 398 g/mol. The molecule has 1 saturated heterocycles. The predicted molar refractivity (Wildman–Crippen MR) is 105 cm³/mol. The quantitative estimate of drug-likeness (QED) is 0.847. The predicted octanol–water partition coefficient (Wildman–Crippen LogP) is 2.36. The van der Waals surface area contributed by atoms with Gasteiger partial charge in [0.2, 0.25) is 5.91 Å². The number of nitrogens with zero attached hydrogens (tertiary/aromatic N) is 3. The van der Waals surface area contributed by atoms with Crippen LogP contribution in [0.4, 0.5) is 0 Å². The van der Waals surface area contributed by atoms with Gasteiger partial charge in [-0.25, -0.2) is 0 Å². The van der Waals surface area contributed by atoms with Gasteiger partial charge >= 0.3 is 0 Å². The minimum atomic E-state index is -0.431. The van der Waals surface area contributed by atoms with Gasteiger partial charge in [-0.2, -0.15) is 0 Å². The Kier molecular flexibility index (Phi) is 11.9. The fraction of sp³-hybridized carbons (Fsp3) is 0.625. The molecule has 2 N–H and O–H groups in total. The number of rotatable bonds is 3. The molecule has 0 unspecified atom stereocenters.